The van der Waals surface area contributed by atoms with Crippen molar-refractivity contribution in [2.45, 2.75) is 12.5 Å². The maximum Gasteiger partial charge on any atom is 0.252 e. The van der Waals surface area contributed by atoms with E-state index in [9.17, 15) is 13.6 Å². The lowest BCUT2D eigenvalue weighted by molar-refractivity contribution is 0.0896. The summed E-state index contributed by atoms with van der Waals surface area (Å²) in [6.45, 7) is 0.270. The molecule has 0 aliphatic rings. The zero-order valence-corrected chi connectivity index (χ0v) is 17.9. The summed E-state index contributed by atoms with van der Waals surface area (Å²) in [6, 6.07) is 16.9. The average Bonchev–Trinajstić information content (AvgIpc) is 3.30. The Balaban J connectivity index is 1.61. The molecule has 2 aromatic carbocycles. The SMILES string of the molecule is COC[C@@H](Cc1ccccn1)NC(=O)c1cccc(F)c1-c1cc(-c2ccc(F)cc2)n[nH]1. The third-order valence-corrected chi connectivity index (χ3v) is 5.13. The molecule has 33 heavy (non-hydrogen) atoms. The molecule has 168 valence electrons. The minimum Gasteiger partial charge on any atom is -0.383 e. The van der Waals surface area contributed by atoms with E-state index in [-0.39, 0.29) is 29.6 Å². The first-order chi connectivity index (χ1) is 16.0. The van der Waals surface area contributed by atoms with E-state index in [1.54, 1.807) is 37.6 Å². The van der Waals surface area contributed by atoms with E-state index in [0.29, 0.717) is 23.4 Å². The van der Waals surface area contributed by atoms with Crippen LogP contribution in [0.25, 0.3) is 22.5 Å². The number of benzene rings is 2. The second-order valence-corrected chi connectivity index (χ2v) is 7.49. The molecule has 1 atom stereocenters. The van der Waals surface area contributed by atoms with Gasteiger partial charge in [0.1, 0.15) is 11.6 Å². The van der Waals surface area contributed by atoms with Crippen molar-refractivity contribution >= 4 is 5.91 Å². The minimum atomic E-state index is -0.565. The molecule has 1 amide bonds. The number of nitrogens with zero attached hydrogens (tertiary/aromatic N) is 2. The predicted molar refractivity (Wildman–Crippen MR) is 120 cm³/mol. The molecule has 4 rings (SSSR count). The molecule has 0 radical (unpaired) electrons. The smallest absolute Gasteiger partial charge is 0.252 e. The molecule has 2 N–H and O–H groups in total. The predicted octanol–water partition coefficient (Wildman–Crippen LogP) is 4.40. The first kappa shape index (κ1) is 22.3. The fraction of sp³-hybridized carbons (Fsp3) is 0.160. The van der Waals surface area contributed by atoms with Gasteiger partial charge in [-0.05, 0) is 54.6 Å². The van der Waals surface area contributed by atoms with E-state index in [1.165, 1.54) is 24.3 Å². The van der Waals surface area contributed by atoms with E-state index in [4.69, 9.17) is 4.74 Å². The van der Waals surface area contributed by atoms with Crippen LogP contribution in [-0.2, 0) is 11.2 Å². The molecular weight excluding hydrogens is 426 g/mol. The third kappa shape index (κ3) is 5.30. The largest absolute Gasteiger partial charge is 0.383 e. The van der Waals surface area contributed by atoms with Gasteiger partial charge in [0.15, 0.2) is 0 Å². The number of pyridine rings is 1. The lowest BCUT2D eigenvalue weighted by Gasteiger charge is -2.19. The lowest BCUT2D eigenvalue weighted by Crippen LogP contribution is -2.40. The molecular formula is C25H22F2N4O2. The van der Waals surface area contributed by atoms with Crippen molar-refractivity contribution < 1.29 is 18.3 Å². The molecule has 2 aromatic heterocycles. The number of methoxy groups -OCH3 is 1. The normalized spacial score (nSPS) is 11.8. The molecule has 6 nitrogen and oxygen atoms in total. The number of hydrogen-bond donors (Lipinski definition) is 2. The Morgan fingerprint density at radius 1 is 1.09 bits per heavy atom. The van der Waals surface area contributed by atoms with Crippen molar-refractivity contribution in [3.63, 3.8) is 0 Å². The van der Waals surface area contributed by atoms with Gasteiger partial charge in [0, 0.05) is 36.5 Å². The van der Waals surface area contributed by atoms with E-state index in [0.717, 1.165) is 5.69 Å². The standard InChI is InChI=1S/C25H22F2N4O2/c1-33-15-19(13-18-5-2-3-12-28-18)29-25(32)20-6-4-7-21(27)24(20)23-14-22(30-31-23)16-8-10-17(26)11-9-16/h2-12,14,19H,13,15H2,1H3,(H,29,32)(H,30,31)/t19-/m1/s1. The molecule has 0 saturated carbocycles. The highest BCUT2D eigenvalue weighted by Gasteiger charge is 2.22. The summed E-state index contributed by atoms with van der Waals surface area (Å²) in [5.74, 6) is -1.37. The van der Waals surface area contributed by atoms with Crippen molar-refractivity contribution in [2.24, 2.45) is 0 Å². The fourth-order valence-corrected chi connectivity index (χ4v) is 3.59. The summed E-state index contributed by atoms with van der Waals surface area (Å²) in [4.78, 5) is 17.4. The van der Waals surface area contributed by atoms with Gasteiger partial charge in [-0.2, -0.15) is 5.10 Å². The van der Waals surface area contributed by atoms with Gasteiger partial charge in [0.25, 0.3) is 5.91 Å². The number of nitrogens with one attached hydrogen (secondary N) is 2. The molecule has 0 saturated heterocycles. The molecule has 8 heteroatoms. The number of halogens is 2. The van der Waals surface area contributed by atoms with Crippen molar-refractivity contribution in [3.8, 4) is 22.5 Å². The highest BCUT2D eigenvalue weighted by Crippen LogP contribution is 2.29. The number of hydrogen-bond acceptors (Lipinski definition) is 4. The van der Waals surface area contributed by atoms with Crippen molar-refractivity contribution in [1.82, 2.24) is 20.5 Å². The van der Waals surface area contributed by atoms with Gasteiger partial charge in [0.2, 0.25) is 0 Å². The highest BCUT2D eigenvalue weighted by molar-refractivity contribution is 6.01. The number of aromatic amines is 1. The van der Waals surface area contributed by atoms with Crippen molar-refractivity contribution in [1.29, 1.82) is 0 Å². The van der Waals surface area contributed by atoms with Gasteiger partial charge in [-0.3, -0.25) is 14.9 Å². The summed E-state index contributed by atoms with van der Waals surface area (Å²) < 4.78 is 33.4. The summed E-state index contributed by atoms with van der Waals surface area (Å²) in [6.07, 6.45) is 2.15. The number of ether oxygens (including phenoxy) is 1. The maximum absolute atomic E-state index is 14.9. The number of amides is 1. The average molecular weight is 448 g/mol. The van der Waals surface area contributed by atoms with Gasteiger partial charge in [-0.1, -0.05) is 12.1 Å². The fourth-order valence-electron chi connectivity index (χ4n) is 3.59. The van der Waals surface area contributed by atoms with Crippen LogP contribution in [0.15, 0.2) is 72.9 Å². The van der Waals surface area contributed by atoms with Gasteiger partial charge in [-0.15, -0.1) is 0 Å². The minimum absolute atomic E-state index is 0.102. The van der Waals surface area contributed by atoms with Crippen LogP contribution in [0, 0.1) is 11.6 Å². The Hall–Kier alpha value is -3.91. The molecule has 0 aliphatic carbocycles. The van der Waals surface area contributed by atoms with E-state index in [2.05, 4.69) is 20.5 Å². The lowest BCUT2D eigenvalue weighted by atomic mass is 10.0. The van der Waals surface area contributed by atoms with E-state index in [1.807, 2.05) is 18.2 Å². The van der Waals surface area contributed by atoms with Gasteiger partial charge in [0.05, 0.1) is 29.6 Å². The molecule has 2 heterocycles. The maximum atomic E-state index is 14.9. The first-order valence-corrected chi connectivity index (χ1v) is 10.3. The second-order valence-electron chi connectivity index (χ2n) is 7.49. The van der Waals surface area contributed by atoms with Crippen LogP contribution < -0.4 is 5.32 Å². The Bertz CT molecular complexity index is 1230. The molecule has 0 unspecified atom stereocenters. The Labute approximate surface area is 189 Å². The van der Waals surface area contributed by atoms with Gasteiger partial charge in [-0.25, -0.2) is 8.78 Å². The van der Waals surface area contributed by atoms with Crippen molar-refractivity contribution in [3.05, 3.63) is 95.8 Å². The summed E-state index contributed by atoms with van der Waals surface area (Å²) in [5, 5.41) is 9.92. The van der Waals surface area contributed by atoms with Crippen LogP contribution in [0.2, 0.25) is 0 Å². The van der Waals surface area contributed by atoms with Crippen LogP contribution in [0.4, 0.5) is 8.78 Å². The Morgan fingerprint density at radius 3 is 2.64 bits per heavy atom. The Kier molecular flexibility index (Phi) is 6.85. The molecule has 0 spiro atoms. The summed E-state index contributed by atoms with van der Waals surface area (Å²) >= 11 is 0. The number of carbonyl (C=O) groups is 1. The van der Waals surface area contributed by atoms with Gasteiger partial charge >= 0.3 is 0 Å². The number of carbonyl (C=O) groups excluding carboxylic acids is 1. The molecule has 4 aromatic rings. The molecule has 0 aliphatic heterocycles. The topological polar surface area (TPSA) is 79.9 Å². The second kappa shape index (κ2) is 10.1. The number of H-pyrrole nitrogens is 1. The monoisotopic (exact) mass is 448 g/mol. The van der Waals surface area contributed by atoms with Crippen LogP contribution in [-0.4, -0.2) is 40.8 Å². The Morgan fingerprint density at radius 2 is 1.91 bits per heavy atom. The molecule has 0 bridgehead atoms. The summed E-state index contributed by atoms with van der Waals surface area (Å²) in [7, 11) is 1.55. The van der Waals surface area contributed by atoms with Crippen LogP contribution in [0.3, 0.4) is 0 Å². The number of rotatable bonds is 8. The van der Waals surface area contributed by atoms with E-state index < -0.39 is 11.7 Å². The van der Waals surface area contributed by atoms with Crippen LogP contribution in [0.1, 0.15) is 16.1 Å². The van der Waals surface area contributed by atoms with Crippen molar-refractivity contribution in [2.75, 3.05) is 13.7 Å². The quantitative estimate of drug-likeness (QED) is 0.419. The number of aromatic nitrogens is 3. The first-order valence-electron chi connectivity index (χ1n) is 10.3. The van der Waals surface area contributed by atoms with Gasteiger partial charge < -0.3 is 10.1 Å². The van der Waals surface area contributed by atoms with E-state index >= 15 is 0 Å². The third-order valence-electron chi connectivity index (χ3n) is 5.13. The zero-order chi connectivity index (χ0) is 23.2. The summed E-state index contributed by atoms with van der Waals surface area (Å²) in [5.41, 5.74) is 2.57. The molecule has 0 fully saturated rings. The van der Waals surface area contributed by atoms with Crippen LogP contribution >= 0.6 is 0 Å². The highest BCUT2D eigenvalue weighted by atomic mass is 19.1. The van der Waals surface area contributed by atoms with Crippen LogP contribution in [0.5, 0.6) is 0 Å². The zero-order valence-electron chi connectivity index (χ0n) is 17.9.